The Balaban J connectivity index is 2.76. The molecule has 1 aromatic heterocycles. The maximum absolute atomic E-state index is 8.65. The molecule has 5 heteroatoms. The van der Waals surface area contributed by atoms with Crippen molar-refractivity contribution in [3.8, 4) is 6.07 Å². The van der Waals surface area contributed by atoms with Crippen molar-refractivity contribution < 1.29 is 4.74 Å². The van der Waals surface area contributed by atoms with Gasteiger partial charge >= 0.3 is 0 Å². The molecule has 0 bridgehead atoms. The van der Waals surface area contributed by atoms with E-state index < -0.39 is 0 Å². The van der Waals surface area contributed by atoms with Gasteiger partial charge in [0, 0.05) is 0 Å². The van der Waals surface area contributed by atoms with Gasteiger partial charge in [-0.1, -0.05) is 0 Å². The van der Waals surface area contributed by atoms with Gasteiger partial charge in [-0.3, -0.25) is 0 Å². The van der Waals surface area contributed by atoms with Crippen LogP contribution in [0.3, 0.4) is 0 Å². The predicted octanol–water partition coefficient (Wildman–Crippen LogP) is 0.855. The van der Waals surface area contributed by atoms with Crippen molar-refractivity contribution in [3.05, 3.63) is 17.6 Å². The summed E-state index contributed by atoms with van der Waals surface area (Å²) in [4.78, 5) is 7.83. The van der Waals surface area contributed by atoms with Crippen molar-refractivity contribution in [2.45, 2.75) is 26.6 Å². The first-order valence-corrected chi connectivity index (χ1v) is 4.26. The van der Waals surface area contributed by atoms with Gasteiger partial charge in [-0.05, 0) is 13.8 Å². The maximum atomic E-state index is 8.65. The molecule has 5 nitrogen and oxygen atoms in total. The molecule has 0 saturated heterocycles. The number of nitrogens with two attached hydrogens (primary N) is 1. The smallest absolute Gasteiger partial charge is 0.183 e. The number of nitrogen functional groups attached to an aromatic ring is 1. The second kappa shape index (κ2) is 4.53. The van der Waals surface area contributed by atoms with E-state index >= 15 is 0 Å². The minimum absolute atomic E-state index is 0.125. The minimum Gasteiger partial charge on any atom is -0.381 e. The van der Waals surface area contributed by atoms with Gasteiger partial charge in [0.05, 0.1) is 24.6 Å². The summed E-state index contributed by atoms with van der Waals surface area (Å²) in [5, 5.41) is 8.65. The van der Waals surface area contributed by atoms with E-state index in [4.69, 9.17) is 15.7 Å². The molecule has 0 radical (unpaired) electrons. The predicted molar refractivity (Wildman–Crippen MR) is 51.1 cm³/mol. The molecule has 2 N–H and O–H groups in total. The highest BCUT2D eigenvalue weighted by Gasteiger charge is 2.04. The molecule has 0 aliphatic rings. The Kier molecular flexibility index (Phi) is 3.37. The van der Waals surface area contributed by atoms with Crippen LogP contribution in [0.2, 0.25) is 0 Å². The first-order chi connectivity index (χ1) is 6.63. The van der Waals surface area contributed by atoms with Gasteiger partial charge in [0.1, 0.15) is 6.07 Å². The van der Waals surface area contributed by atoms with E-state index in [0.717, 1.165) is 0 Å². The Bertz CT molecular complexity index is 356. The lowest BCUT2D eigenvalue weighted by Crippen LogP contribution is -2.06. The molecule has 1 aromatic rings. The topological polar surface area (TPSA) is 84.8 Å². The van der Waals surface area contributed by atoms with Crippen LogP contribution in [0.25, 0.3) is 0 Å². The van der Waals surface area contributed by atoms with Gasteiger partial charge in [0.2, 0.25) is 0 Å². The van der Waals surface area contributed by atoms with Crippen molar-refractivity contribution >= 4 is 5.82 Å². The number of rotatable bonds is 3. The number of nitriles is 1. The fourth-order valence-electron chi connectivity index (χ4n) is 0.839. The highest BCUT2D eigenvalue weighted by Crippen LogP contribution is 2.06. The lowest BCUT2D eigenvalue weighted by atomic mass is 10.4. The van der Waals surface area contributed by atoms with Crippen molar-refractivity contribution in [1.29, 1.82) is 5.26 Å². The second-order valence-corrected chi connectivity index (χ2v) is 3.07. The number of nitrogens with zero attached hydrogens (tertiary/aromatic N) is 3. The van der Waals surface area contributed by atoms with E-state index in [1.165, 1.54) is 6.20 Å². The summed E-state index contributed by atoms with van der Waals surface area (Å²) in [5.41, 5.74) is 6.18. The summed E-state index contributed by atoms with van der Waals surface area (Å²) in [6.07, 6.45) is 1.64. The van der Waals surface area contributed by atoms with Gasteiger partial charge in [0.25, 0.3) is 0 Å². The first kappa shape index (κ1) is 10.4. The molecule has 14 heavy (non-hydrogen) atoms. The molecule has 0 aromatic carbocycles. The SMILES string of the molecule is CC(C)OCc1cnc(N)c(C#N)n1. The van der Waals surface area contributed by atoms with Crippen molar-refractivity contribution in [3.63, 3.8) is 0 Å². The van der Waals surface area contributed by atoms with Crippen LogP contribution in [0, 0.1) is 11.3 Å². The molecule has 0 aliphatic carbocycles. The Morgan fingerprint density at radius 1 is 1.64 bits per heavy atom. The number of hydrogen-bond donors (Lipinski definition) is 1. The normalized spacial score (nSPS) is 10.1. The molecule has 0 amide bonds. The molecule has 0 atom stereocenters. The zero-order valence-corrected chi connectivity index (χ0v) is 8.19. The zero-order valence-electron chi connectivity index (χ0n) is 8.19. The molecule has 0 saturated carbocycles. The van der Waals surface area contributed by atoms with E-state index in [1.54, 1.807) is 0 Å². The van der Waals surface area contributed by atoms with Crippen molar-refractivity contribution in [2.24, 2.45) is 0 Å². The van der Waals surface area contributed by atoms with Gasteiger partial charge in [-0.2, -0.15) is 5.26 Å². The van der Waals surface area contributed by atoms with Crippen LogP contribution in [0.1, 0.15) is 25.2 Å². The number of aromatic nitrogens is 2. The minimum atomic E-state index is 0.125. The largest absolute Gasteiger partial charge is 0.381 e. The average molecular weight is 192 g/mol. The van der Waals surface area contributed by atoms with Crippen LogP contribution in [-0.4, -0.2) is 16.1 Å². The Labute approximate surface area is 82.5 Å². The van der Waals surface area contributed by atoms with Gasteiger partial charge in [0.15, 0.2) is 11.5 Å². The molecular weight excluding hydrogens is 180 g/mol. The number of ether oxygens (including phenoxy) is 1. The van der Waals surface area contributed by atoms with Gasteiger partial charge in [-0.15, -0.1) is 0 Å². The summed E-state index contributed by atoms with van der Waals surface area (Å²) >= 11 is 0. The summed E-state index contributed by atoms with van der Waals surface area (Å²) in [6, 6.07) is 1.87. The molecule has 1 rings (SSSR count). The lowest BCUT2D eigenvalue weighted by Gasteiger charge is -2.06. The fraction of sp³-hybridized carbons (Fsp3) is 0.444. The molecule has 0 unspecified atom stereocenters. The van der Waals surface area contributed by atoms with Gasteiger partial charge < -0.3 is 10.5 Å². The number of hydrogen-bond acceptors (Lipinski definition) is 5. The molecule has 74 valence electrons. The molecule has 0 aliphatic heterocycles. The van der Waals surface area contributed by atoms with E-state index in [9.17, 15) is 0 Å². The van der Waals surface area contributed by atoms with Crippen LogP contribution in [0.15, 0.2) is 6.20 Å². The molecule has 0 spiro atoms. The zero-order chi connectivity index (χ0) is 10.6. The molecular formula is C9H12N4O. The summed E-state index contributed by atoms with van der Waals surface area (Å²) in [7, 11) is 0. The second-order valence-electron chi connectivity index (χ2n) is 3.07. The molecule has 0 fully saturated rings. The van der Waals surface area contributed by atoms with Crippen molar-refractivity contribution in [2.75, 3.05) is 5.73 Å². The third-order valence-electron chi connectivity index (χ3n) is 1.52. The first-order valence-electron chi connectivity index (χ1n) is 4.26. The van der Waals surface area contributed by atoms with Gasteiger partial charge in [-0.25, -0.2) is 9.97 Å². The van der Waals surface area contributed by atoms with Crippen LogP contribution in [-0.2, 0) is 11.3 Å². The highest BCUT2D eigenvalue weighted by atomic mass is 16.5. The fourth-order valence-corrected chi connectivity index (χ4v) is 0.839. The maximum Gasteiger partial charge on any atom is 0.183 e. The monoisotopic (exact) mass is 192 g/mol. The average Bonchev–Trinajstić information content (AvgIpc) is 2.16. The van der Waals surface area contributed by atoms with E-state index in [0.29, 0.717) is 12.3 Å². The number of anilines is 1. The summed E-state index contributed by atoms with van der Waals surface area (Å²) in [6.45, 7) is 4.20. The Hall–Kier alpha value is -1.67. The van der Waals surface area contributed by atoms with Crippen molar-refractivity contribution in [1.82, 2.24) is 9.97 Å². The standard InChI is InChI=1S/C9H12N4O/c1-6(2)14-5-7-4-12-9(11)8(3-10)13-7/h4,6H,5H2,1-2H3,(H2,11,12). The van der Waals surface area contributed by atoms with Crippen LogP contribution >= 0.6 is 0 Å². The van der Waals surface area contributed by atoms with Crippen LogP contribution in [0.5, 0.6) is 0 Å². The lowest BCUT2D eigenvalue weighted by molar-refractivity contribution is 0.0634. The quantitative estimate of drug-likeness (QED) is 0.767. The van der Waals surface area contributed by atoms with E-state index in [2.05, 4.69) is 9.97 Å². The summed E-state index contributed by atoms with van der Waals surface area (Å²) in [5.74, 6) is 0.154. The van der Waals surface area contributed by atoms with E-state index in [1.807, 2.05) is 19.9 Å². The van der Waals surface area contributed by atoms with Crippen LogP contribution in [0.4, 0.5) is 5.82 Å². The third kappa shape index (κ3) is 2.68. The molecule has 1 heterocycles. The third-order valence-corrected chi connectivity index (χ3v) is 1.52. The summed E-state index contributed by atoms with van der Waals surface area (Å²) < 4.78 is 5.31. The Morgan fingerprint density at radius 2 is 2.36 bits per heavy atom. The van der Waals surface area contributed by atoms with Crippen LogP contribution < -0.4 is 5.73 Å². The highest BCUT2D eigenvalue weighted by molar-refractivity contribution is 5.42. The van der Waals surface area contributed by atoms with E-state index in [-0.39, 0.29) is 17.6 Å². The Morgan fingerprint density at radius 3 is 2.93 bits per heavy atom.